The Hall–Kier alpha value is -1.50. The number of aliphatic hydroxyl groups excluding tert-OH is 1. The number of benzene rings is 1. The molecule has 2 aromatic rings. The highest BCUT2D eigenvalue weighted by Gasteiger charge is 2.33. The number of fused-ring (bicyclic) bond motifs is 1. The number of pyridine rings is 1. The SMILES string of the molecule is CN(CCO)C[C@H]1CC[C@H](Nc2c(C(=O)C3CC3)cnc3ccc(Br)cc23)CC1. The lowest BCUT2D eigenvalue weighted by molar-refractivity contribution is 0.0968. The smallest absolute Gasteiger partial charge is 0.169 e. The van der Waals surface area contributed by atoms with Gasteiger partial charge in [-0.05, 0) is 69.7 Å². The van der Waals surface area contributed by atoms with Gasteiger partial charge in [-0.1, -0.05) is 15.9 Å². The maximum Gasteiger partial charge on any atom is 0.169 e. The first-order valence-electron chi connectivity index (χ1n) is 10.7. The number of carbonyl (C=O) groups excluding carboxylic acids is 1. The van der Waals surface area contributed by atoms with Crippen molar-refractivity contribution in [2.24, 2.45) is 11.8 Å². The molecule has 1 aromatic carbocycles. The van der Waals surface area contributed by atoms with Crippen LogP contribution in [0.1, 0.15) is 48.9 Å². The van der Waals surface area contributed by atoms with Gasteiger partial charge in [0.2, 0.25) is 0 Å². The Morgan fingerprint density at radius 3 is 2.69 bits per heavy atom. The van der Waals surface area contributed by atoms with Crippen LogP contribution in [-0.4, -0.2) is 53.6 Å². The van der Waals surface area contributed by atoms with Gasteiger partial charge in [-0.15, -0.1) is 0 Å². The molecule has 0 saturated heterocycles. The van der Waals surface area contributed by atoms with Crippen molar-refractivity contribution in [3.63, 3.8) is 0 Å². The van der Waals surface area contributed by atoms with E-state index in [2.05, 4.69) is 44.2 Å². The highest BCUT2D eigenvalue weighted by Crippen LogP contribution is 2.38. The molecule has 0 unspecified atom stereocenters. The number of rotatable bonds is 8. The van der Waals surface area contributed by atoms with Crippen LogP contribution in [0.3, 0.4) is 0 Å². The topological polar surface area (TPSA) is 65.5 Å². The second-order valence-corrected chi connectivity index (χ2v) is 9.61. The molecule has 2 fully saturated rings. The summed E-state index contributed by atoms with van der Waals surface area (Å²) in [6.45, 7) is 2.00. The van der Waals surface area contributed by atoms with Crippen LogP contribution in [-0.2, 0) is 0 Å². The Labute approximate surface area is 181 Å². The molecule has 0 aliphatic heterocycles. The van der Waals surface area contributed by atoms with Gasteiger partial charge in [-0.25, -0.2) is 0 Å². The van der Waals surface area contributed by atoms with Gasteiger partial charge in [0.1, 0.15) is 0 Å². The van der Waals surface area contributed by atoms with Crippen LogP contribution < -0.4 is 5.32 Å². The molecule has 6 heteroatoms. The number of Topliss-reactive ketones (excluding diaryl/α,β-unsaturated/α-hetero) is 1. The minimum atomic E-state index is 0.180. The highest BCUT2D eigenvalue weighted by atomic mass is 79.9. The second-order valence-electron chi connectivity index (χ2n) is 8.69. The maximum atomic E-state index is 12.9. The predicted octanol–water partition coefficient (Wildman–Crippen LogP) is 4.48. The van der Waals surface area contributed by atoms with E-state index in [-0.39, 0.29) is 18.3 Å². The molecule has 5 nitrogen and oxygen atoms in total. The first kappa shape index (κ1) is 20.8. The number of nitrogens with zero attached hydrogens (tertiary/aromatic N) is 2. The summed E-state index contributed by atoms with van der Waals surface area (Å²) in [6.07, 6.45) is 8.33. The summed E-state index contributed by atoms with van der Waals surface area (Å²) in [5, 5.41) is 13.9. The number of carbonyl (C=O) groups is 1. The van der Waals surface area contributed by atoms with E-state index in [4.69, 9.17) is 5.11 Å². The minimum absolute atomic E-state index is 0.180. The number of hydrogen-bond donors (Lipinski definition) is 2. The van der Waals surface area contributed by atoms with Crippen LogP contribution >= 0.6 is 15.9 Å². The first-order chi connectivity index (χ1) is 14.0. The molecule has 2 aliphatic rings. The van der Waals surface area contributed by atoms with Gasteiger partial charge in [0.25, 0.3) is 0 Å². The van der Waals surface area contributed by atoms with Crippen molar-refractivity contribution in [1.82, 2.24) is 9.88 Å². The van der Waals surface area contributed by atoms with E-state index in [0.717, 1.165) is 65.4 Å². The van der Waals surface area contributed by atoms with Gasteiger partial charge in [0.05, 0.1) is 23.4 Å². The average molecular weight is 460 g/mol. The van der Waals surface area contributed by atoms with Crippen molar-refractivity contribution in [2.45, 2.75) is 44.6 Å². The molecule has 2 saturated carbocycles. The Morgan fingerprint density at radius 2 is 2.00 bits per heavy atom. The molecule has 2 aliphatic carbocycles. The Kier molecular flexibility index (Phi) is 6.52. The molecule has 1 aromatic heterocycles. The summed E-state index contributed by atoms with van der Waals surface area (Å²) in [7, 11) is 2.08. The standard InChI is InChI=1S/C23H30BrN3O2/c1-27(10-11-28)14-15-2-7-18(8-3-15)26-22-19-12-17(24)6-9-21(19)25-13-20(22)23(29)16-4-5-16/h6,9,12-13,15-16,18,28H,2-5,7-8,10-11,14H2,1H3,(H,25,26)/t15-,18-. The molecule has 1 heterocycles. The zero-order valence-electron chi connectivity index (χ0n) is 17.0. The van der Waals surface area contributed by atoms with Crippen molar-refractivity contribution >= 4 is 38.3 Å². The van der Waals surface area contributed by atoms with E-state index < -0.39 is 0 Å². The summed E-state index contributed by atoms with van der Waals surface area (Å²) in [6, 6.07) is 6.45. The van der Waals surface area contributed by atoms with Crippen LogP contribution in [0.15, 0.2) is 28.9 Å². The Balaban J connectivity index is 1.52. The normalized spacial score (nSPS) is 22.2. The van der Waals surface area contributed by atoms with Gasteiger partial charge in [-0.2, -0.15) is 0 Å². The number of likely N-dealkylation sites (N-methyl/N-ethyl adjacent to an activating group) is 1. The average Bonchev–Trinajstić information content (AvgIpc) is 3.55. The molecular weight excluding hydrogens is 430 g/mol. The lowest BCUT2D eigenvalue weighted by Crippen LogP contribution is -2.33. The third kappa shape index (κ3) is 4.98. The second kappa shape index (κ2) is 9.11. The van der Waals surface area contributed by atoms with Gasteiger partial charge >= 0.3 is 0 Å². The number of halogens is 1. The number of anilines is 1. The van der Waals surface area contributed by atoms with E-state index in [1.807, 2.05) is 12.1 Å². The summed E-state index contributed by atoms with van der Waals surface area (Å²) in [5.41, 5.74) is 2.64. The largest absolute Gasteiger partial charge is 0.395 e. The molecule has 0 radical (unpaired) electrons. The number of hydrogen-bond acceptors (Lipinski definition) is 5. The van der Waals surface area contributed by atoms with E-state index >= 15 is 0 Å². The van der Waals surface area contributed by atoms with E-state index in [1.165, 1.54) is 12.8 Å². The van der Waals surface area contributed by atoms with Crippen LogP contribution in [0.4, 0.5) is 5.69 Å². The van der Waals surface area contributed by atoms with E-state index in [9.17, 15) is 4.79 Å². The molecule has 156 valence electrons. The minimum Gasteiger partial charge on any atom is -0.395 e. The third-order valence-corrected chi connectivity index (χ3v) is 6.78. The monoisotopic (exact) mass is 459 g/mol. The van der Waals surface area contributed by atoms with Crippen LogP contribution in [0.2, 0.25) is 0 Å². The summed E-state index contributed by atoms with van der Waals surface area (Å²) in [4.78, 5) is 19.7. The predicted molar refractivity (Wildman–Crippen MR) is 120 cm³/mol. The van der Waals surface area contributed by atoms with Gasteiger partial charge in [-0.3, -0.25) is 9.78 Å². The molecule has 4 rings (SSSR count). The third-order valence-electron chi connectivity index (χ3n) is 6.29. The number of aromatic nitrogens is 1. The lowest BCUT2D eigenvalue weighted by Gasteiger charge is -2.32. The molecule has 29 heavy (non-hydrogen) atoms. The van der Waals surface area contributed by atoms with Gasteiger partial charge in [0.15, 0.2) is 5.78 Å². The molecule has 0 amide bonds. The van der Waals surface area contributed by atoms with Crippen LogP contribution in [0.25, 0.3) is 10.9 Å². The molecule has 2 N–H and O–H groups in total. The van der Waals surface area contributed by atoms with E-state index in [0.29, 0.717) is 12.0 Å². The molecule has 0 bridgehead atoms. The fourth-order valence-corrected chi connectivity index (χ4v) is 4.83. The Bertz CT molecular complexity index is 876. The molecule has 0 atom stereocenters. The zero-order valence-corrected chi connectivity index (χ0v) is 18.6. The lowest BCUT2D eigenvalue weighted by atomic mass is 9.85. The summed E-state index contributed by atoms with van der Waals surface area (Å²) in [5.74, 6) is 1.10. The highest BCUT2D eigenvalue weighted by molar-refractivity contribution is 9.10. The van der Waals surface area contributed by atoms with Crippen LogP contribution in [0.5, 0.6) is 0 Å². The number of ketones is 1. The quantitative estimate of drug-likeness (QED) is 0.569. The fraction of sp³-hybridized carbons (Fsp3) is 0.565. The van der Waals surface area contributed by atoms with Crippen molar-refractivity contribution in [1.29, 1.82) is 0 Å². The number of aliphatic hydroxyl groups is 1. The van der Waals surface area contributed by atoms with Crippen molar-refractivity contribution < 1.29 is 9.90 Å². The first-order valence-corrected chi connectivity index (χ1v) is 11.5. The Morgan fingerprint density at radius 1 is 1.24 bits per heavy atom. The van der Waals surface area contributed by atoms with Crippen molar-refractivity contribution in [2.75, 3.05) is 32.1 Å². The van der Waals surface area contributed by atoms with Gasteiger partial charge in [0, 0.05) is 41.1 Å². The van der Waals surface area contributed by atoms with Crippen LogP contribution in [0, 0.1) is 11.8 Å². The summed E-state index contributed by atoms with van der Waals surface area (Å²) < 4.78 is 1.00. The maximum absolute atomic E-state index is 12.9. The van der Waals surface area contributed by atoms with E-state index in [1.54, 1.807) is 6.20 Å². The summed E-state index contributed by atoms with van der Waals surface area (Å²) >= 11 is 3.58. The fourth-order valence-electron chi connectivity index (χ4n) is 4.47. The van der Waals surface area contributed by atoms with Gasteiger partial charge < -0.3 is 15.3 Å². The zero-order chi connectivity index (χ0) is 20.4. The van der Waals surface area contributed by atoms with Crippen molar-refractivity contribution in [3.05, 3.63) is 34.4 Å². The van der Waals surface area contributed by atoms with Crippen molar-refractivity contribution in [3.8, 4) is 0 Å². The molecule has 0 spiro atoms. The number of nitrogens with one attached hydrogen (secondary N) is 1. The molecular formula is C23H30BrN3O2.